The first-order valence-electron chi connectivity index (χ1n) is 6.91. The normalized spacial score (nSPS) is 20.1. The van der Waals surface area contributed by atoms with Gasteiger partial charge in [0.05, 0.1) is 7.11 Å². The van der Waals surface area contributed by atoms with Crippen LogP contribution in [-0.4, -0.2) is 37.7 Å². The lowest BCUT2D eigenvalue weighted by Crippen LogP contribution is -2.45. The summed E-state index contributed by atoms with van der Waals surface area (Å²) in [4.78, 5) is 2.56. The van der Waals surface area contributed by atoms with Crippen molar-refractivity contribution >= 4 is 0 Å². The van der Waals surface area contributed by atoms with Crippen molar-refractivity contribution in [3.63, 3.8) is 0 Å². The van der Waals surface area contributed by atoms with Gasteiger partial charge in [-0.25, -0.2) is 0 Å². The van der Waals surface area contributed by atoms with Gasteiger partial charge in [0.1, 0.15) is 5.75 Å². The van der Waals surface area contributed by atoms with Crippen LogP contribution in [0.3, 0.4) is 0 Å². The quantitative estimate of drug-likeness (QED) is 0.865. The van der Waals surface area contributed by atoms with E-state index in [1.165, 1.54) is 24.9 Å². The second kappa shape index (κ2) is 6.76. The highest BCUT2D eigenvalue weighted by atomic mass is 16.5. The molecule has 0 spiro atoms. The molecule has 2 rings (SSSR count). The first kappa shape index (κ1) is 13.4. The minimum Gasteiger partial charge on any atom is -0.497 e. The number of rotatable bonds is 5. The van der Waals surface area contributed by atoms with Crippen molar-refractivity contribution in [1.29, 1.82) is 0 Å². The molecule has 1 aromatic carbocycles. The van der Waals surface area contributed by atoms with E-state index in [4.69, 9.17) is 4.74 Å². The highest BCUT2D eigenvalue weighted by molar-refractivity contribution is 5.28. The average Bonchev–Trinajstić information content (AvgIpc) is 2.46. The summed E-state index contributed by atoms with van der Waals surface area (Å²) in [6.07, 6.45) is 2.60. The Labute approximate surface area is 110 Å². The van der Waals surface area contributed by atoms with Crippen LogP contribution in [0.4, 0.5) is 0 Å². The summed E-state index contributed by atoms with van der Waals surface area (Å²) < 4.78 is 5.28. The van der Waals surface area contributed by atoms with Crippen LogP contribution < -0.4 is 10.1 Å². The molecule has 1 aromatic rings. The molecular weight excluding hydrogens is 224 g/mol. The lowest BCUT2D eigenvalue weighted by atomic mass is 10.0. The third-order valence-electron chi connectivity index (χ3n) is 3.71. The van der Waals surface area contributed by atoms with Gasteiger partial charge in [-0.15, -0.1) is 0 Å². The van der Waals surface area contributed by atoms with Crippen LogP contribution in [-0.2, 0) is 6.54 Å². The SMILES string of the molecule is CCN(Cc1cccc(OC)c1)C1CCCNC1. The van der Waals surface area contributed by atoms with Crippen LogP contribution in [0.15, 0.2) is 24.3 Å². The summed E-state index contributed by atoms with van der Waals surface area (Å²) in [7, 11) is 1.72. The monoisotopic (exact) mass is 248 g/mol. The van der Waals surface area contributed by atoms with Crippen LogP contribution in [0, 0.1) is 0 Å². The third-order valence-corrected chi connectivity index (χ3v) is 3.71. The summed E-state index contributed by atoms with van der Waals surface area (Å²) in [5.41, 5.74) is 1.33. The van der Waals surface area contributed by atoms with Gasteiger partial charge >= 0.3 is 0 Å². The average molecular weight is 248 g/mol. The van der Waals surface area contributed by atoms with Crippen molar-refractivity contribution in [2.24, 2.45) is 0 Å². The smallest absolute Gasteiger partial charge is 0.119 e. The molecule has 0 radical (unpaired) electrons. The van der Waals surface area contributed by atoms with Crippen LogP contribution in [0.25, 0.3) is 0 Å². The zero-order valence-corrected chi connectivity index (χ0v) is 11.5. The summed E-state index contributed by atoms with van der Waals surface area (Å²) in [5, 5.41) is 3.49. The third kappa shape index (κ3) is 3.47. The zero-order valence-electron chi connectivity index (χ0n) is 11.5. The fourth-order valence-corrected chi connectivity index (χ4v) is 2.65. The summed E-state index contributed by atoms with van der Waals surface area (Å²) in [6, 6.07) is 9.07. The van der Waals surface area contributed by atoms with Gasteiger partial charge in [-0.2, -0.15) is 0 Å². The Kier molecular flexibility index (Phi) is 5.02. The largest absolute Gasteiger partial charge is 0.497 e. The molecular formula is C15H24N2O. The number of nitrogens with zero attached hydrogens (tertiary/aromatic N) is 1. The van der Waals surface area contributed by atoms with Crippen molar-refractivity contribution in [2.45, 2.75) is 32.4 Å². The van der Waals surface area contributed by atoms with E-state index in [0.717, 1.165) is 25.4 Å². The van der Waals surface area contributed by atoms with Gasteiger partial charge in [0.15, 0.2) is 0 Å². The number of benzene rings is 1. The molecule has 3 heteroatoms. The Morgan fingerprint density at radius 3 is 3.00 bits per heavy atom. The van der Waals surface area contributed by atoms with E-state index in [1.54, 1.807) is 7.11 Å². The molecule has 0 saturated carbocycles. The molecule has 18 heavy (non-hydrogen) atoms. The van der Waals surface area contributed by atoms with Gasteiger partial charge in [-0.3, -0.25) is 4.90 Å². The molecule has 1 unspecified atom stereocenters. The Morgan fingerprint density at radius 2 is 2.33 bits per heavy atom. The van der Waals surface area contributed by atoms with Crippen molar-refractivity contribution in [3.05, 3.63) is 29.8 Å². The number of methoxy groups -OCH3 is 1. The van der Waals surface area contributed by atoms with E-state index >= 15 is 0 Å². The second-order valence-electron chi connectivity index (χ2n) is 4.91. The van der Waals surface area contributed by atoms with Gasteiger partial charge in [0, 0.05) is 19.1 Å². The Hall–Kier alpha value is -1.06. The molecule has 1 saturated heterocycles. The first-order chi connectivity index (χ1) is 8.83. The highest BCUT2D eigenvalue weighted by Gasteiger charge is 2.19. The van der Waals surface area contributed by atoms with Crippen molar-refractivity contribution < 1.29 is 4.74 Å². The summed E-state index contributed by atoms with van der Waals surface area (Å²) >= 11 is 0. The van der Waals surface area contributed by atoms with Gasteiger partial charge in [-0.1, -0.05) is 19.1 Å². The van der Waals surface area contributed by atoms with E-state index < -0.39 is 0 Å². The number of hydrogen-bond acceptors (Lipinski definition) is 3. The maximum Gasteiger partial charge on any atom is 0.119 e. The predicted octanol–water partition coefficient (Wildman–Crippen LogP) is 2.27. The van der Waals surface area contributed by atoms with E-state index in [0.29, 0.717) is 6.04 Å². The lowest BCUT2D eigenvalue weighted by Gasteiger charge is -2.34. The van der Waals surface area contributed by atoms with Crippen LogP contribution in [0.2, 0.25) is 0 Å². The minimum absolute atomic E-state index is 0.676. The molecule has 1 aliphatic heterocycles. The molecule has 0 amide bonds. The molecule has 1 atom stereocenters. The minimum atomic E-state index is 0.676. The van der Waals surface area contributed by atoms with Crippen molar-refractivity contribution in [1.82, 2.24) is 10.2 Å². The van der Waals surface area contributed by atoms with E-state index in [-0.39, 0.29) is 0 Å². The Morgan fingerprint density at radius 1 is 1.44 bits per heavy atom. The highest BCUT2D eigenvalue weighted by Crippen LogP contribution is 2.17. The van der Waals surface area contributed by atoms with E-state index in [9.17, 15) is 0 Å². The number of likely N-dealkylation sites (N-methyl/N-ethyl adjacent to an activating group) is 1. The Bertz CT molecular complexity index is 361. The van der Waals surface area contributed by atoms with Gasteiger partial charge in [0.2, 0.25) is 0 Å². The molecule has 1 N–H and O–H groups in total. The van der Waals surface area contributed by atoms with Crippen LogP contribution in [0.5, 0.6) is 5.75 Å². The number of ether oxygens (including phenoxy) is 1. The second-order valence-corrected chi connectivity index (χ2v) is 4.91. The molecule has 0 aliphatic carbocycles. The number of piperidine rings is 1. The van der Waals surface area contributed by atoms with Gasteiger partial charge in [0.25, 0.3) is 0 Å². The molecule has 1 fully saturated rings. The molecule has 100 valence electrons. The standard InChI is InChI=1S/C15H24N2O/c1-3-17(14-7-5-9-16-11-14)12-13-6-4-8-15(10-13)18-2/h4,6,8,10,14,16H,3,5,7,9,11-12H2,1-2H3. The summed E-state index contributed by atoms with van der Waals surface area (Å²) in [5.74, 6) is 0.949. The van der Waals surface area contributed by atoms with Crippen molar-refractivity contribution in [2.75, 3.05) is 26.7 Å². The maximum absolute atomic E-state index is 5.28. The Balaban J connectivity index is 1.99. The summed E-state index contributed by atoms with van der Waals surface area (Å²) in [6.45, 7) is 6.66. The maximum atomic E-state index is 5.28. The first-order valence-corrected chi connectivity index (χ1v) is 6.91. The molecule has 1 aliphatic rings. The van der Waals surface area contributed by atoms with Crippen LogP contribution >= 0.6 is 0 Å². The molecule has 0 bridgehead atoms. The fraction of sp³-hybridized carbons (Fsp3) is 0.600. The number of hydrogen-bond donors (Lipinski definition) is 1. The van der Waals surface area contributed by atoms with Crippen LogP contribution in [0.1, 0.15) is 25.3 Å². The predicted molar refractivity (Wildman–Crippen MR) is 75.0 cm³/mol. The molecule has 0 aromatic heterocycles. The zero-order chi connectivity index (χ0) is 12.8. The fourth-order valence-electron chi connectivity index (χ4n) is 2.65. The number of nitrogens with one attached hydrogen (secondary N) is 1. The van der Waals surface area contributed by atoms with Gasteiger partial charge < -0.3 is 10.1 Å². The molecule has 1 heterocycles. The van der Waals surface area contributed by atoms with Gasteiger partial charge in [-0.05, 0) is 43.6 Å². The van der Waals surface area contributed by atoms with Crippen molar-refractivity contribution in [3.8, 4) is 5.75 Å². The lowest BCUT2D eigenvalue weighted by molar-refractivity contribution is 0.166. The molecule has 3 nitrogen and oxygen atoms in total. The van der Waals surface area contributed by atoms with E-state index in [2.05, 4.69) is 35.3 Å². The topological polar surface area (TPSA) is 24.5 Å². The van der Waals surface area contributed by atoms with E-state index in [1.807, 2.05) is 6.07 Å².